The maximum atomic E-state index is 13.6. The van der Waals surface area contributed by atoms with Gasteiger partial charge in [-0.25, -0.2) is 4.39 Å². The Morgan fingerprint density at radius 2 is 2.00 bits per heavy atom. The molecule has 1 amide bonds. The molecule has 2 fully saturated rings. The highest BCUT2D eigenvalue weighted by Gasteiger charge is 2.35. The Bertz CT molecular complexity index is 841. The number of carbonyl (C=O) groups excluding carboxylic acids is 1. The molecule has 7 heteroatoms. The van der Waals surface area contributed by atoms with Crippen molar-refractivity contribution in [2.24, 2.45) is 5.92 Å². The summed E-state index contributed by atoms with van der Waals surface area (Å²) < 4.78 is 19.3. The summed E-state index contributed by atoms with van der Waals surface area (Å²) in [6, 6.07) is 5.82. The fourth-order valence-corrected chi connectivity index (χ4v) is 3.93. The Kier molecular flexibility index (Phi) is 5.33. The van der Waals surface area contributed by atoms with Crippen LogP contribution < -0.4 is 4.90 Å². The number of carbonyl (C=O) groups is 1. The summed E-state index contributed by atoms with van der Waals surface area (Å²) in [5.74, 6) is 1.36. The number of hydrogen-bond donors (Lipinski definition) is 0. The van der Waals surface area contributed by atoms with Crippen LogP contribution in [0, 0.1) is 18.7 Å². The summed E-state index contributed by atoms with van der Waals surface area (Å²) in [4.78, 5) is 16.9. The highest BCUT2D eigenvalue weighted by Crippen LogP contribution is 2.45. The van der Waals surface area contributed by atoms with E-state index in [-0.39, 0.29) is 17.6 Å². The number of amides is 1. The van der Waals surface area contributed by atoms with Crippen molar-refractivity contribution < 1.29 is 13.6 Å². The van der Waals surface area contributed by atoms with Crippen LogP contribution in [0.25, 0.3) is 0 Å². The van der Waals surface area contributed by atoms with E-state index >= 15 is 0 Å². The van der Waals surface area contributed by atoms with Crippen molar-refractivity contribution in [3.8, 4) is 0 Å². The van der Waals surface area contributed by atoms with E-state index in [1.54, 1.807) is 6.92 Å². The number of hydrogen-bond acceptors (Lipinski definition) is 5. The standard InChI is InChI=1S/C21H27FN4O2/c1-3-19-23-24-21(28-19)26-10-8-25(9-11-26)20(27)13-17(15-4-5-15)16-6-7-18(22)14(2)12-16/h6-7,12,15,17H,3-5,8-11,13H2,1-2H3. The van der Waals surface area contributed by atoms with E-state index in [0.717, 1.165) is 24.8 Å². The average molecular weight is 386 g/mol. The van der Waals surface area contributed by atoms with E-state index in [1.807, 2.05) is 28.9 Å². The van der Waals surface area contributed by atoms with Crippen molar-refractivity contribution >= 4 is 11.9 Å². The molecule has 1 saturated carbocycles. The highest BCUT2D eigenvalue weighted by atomic mass is 19.1. The molecule has 150 valence electrons. The summed E-state index contributed by atoms with van der Waals surface area (Å²) in [6.45, 7) is 6.46. The van der Waals surface area contributed by atoms with E-state index in [2.05, 4.69) is 10.2 Å². The monoisotopic (exact) mass is 386 g/mol. The van der Waals surface area contributed by atoms with Gasteiger partial charge in [-0.15, -0.1) is 5.10 Å². The topological polar surface area (TPSA) is 62.5 Å². The minimum atomic E-state index is -0.187. The van der Waals surface area contributed by atoms with Crippen molar-refractivity contribution in [1.29, 1.82) is 0 Å². The van der Waals surface area contributed by atoms with Crippen LogP contribution in [0.15, 0.2) is 22.6 Å². The molecule has 0 N–H and O–H groups in total. The Labute approximate surface area is 164 Å². The molecule has 1 aromatic carbocycles. The first-order valence-corrected chi connectivity index (χ1v) is 10.2. The zero-order chi connectivity index (χ0) is 19.7. The number of aromatic nitrogens is 2. The fourth-order valence-electron chi connectivity index (χ4n) is 3.93. The molecule has 0 spiro atoms. The average Bonchev–Trinajstić information content (AvgIpc) is 3.44. The number of piperazine rings is 1. The van der Waals surface area contributed by atoms with Gasteiger partial charge in [0.05, 0.1) is 0 Å². The van der Waals surface area contributed by atoms with Gasteiger partial charge < -0.3 is 14.2 Å². The van der Waals surface area contributed by atoms with Gasteiger partial charge in [-0.3, -0.25) is 4.79 Å². The van der Waals surface area contributed by atoms with E-state index in [0.29, 0.717) is 56.0 Å². The number of nitrogens with zero attached hydrogens (tertiary/aromatic N) is 4. The molecule has 4 rings (SSSR count). The Morgan fingerprint density at radius 1 is 1.25 bits per heavy atom. The van der Waals surface area contributed by atoms with E-state index in [1.165, 1.54) is 6.07 Å². The molecule has 0 bridgehead atoms. The van der Waals surface area contributed by atoms with Gasteiger partial charge in [-0.2, -0.15) is 0 Å². The molecule has 1 unspecified atom stereocenters. The third-order valence-corrected chi connectivity index (χ3v) is 5.86. The van der Waals surface area contributed by atoms with E-state index in [9.17, 15) is 9.18 Å². The van der Waals surface area contributed by atoms with Crippen LogP contribution in [0.2, 0.25) is 0 Å². The van der Waals surface area contributed by atoms with Crippen LogP contribution in [-0.4, -0.2) is 47.2 Å². The molecule has 2 heterocycles. The van der Waals surface area contributed by atoms with Gasteiger partial charge >= 0.3 is 6.01 Å². The summed E-state index contributed by atoms with van der Waals surface area (Å²) >= 11 is 0. The zero-order valence-electron chi connectivity index (χ0n) is 16.5. The molecular formula is C21H27FN4O2. The maximum absolute atomic E-state index is 13.6. The first-order valence-electron chi connectivity index (χ1n) is 10.2. The number of aryl methyl sites for hydroxylation is 2. The summed E-state index contributed by atoms with van der Waals surface area (Å²) in [5.41, 5.74) is 1.74. The Hall–Kier alpha value is -2.44. The SMILES string of the molecule is CCc1nnc(N2CCN(C(=O)CC(c3ccc(F)c(C)c3)C3CC3)CC2)o1. The van der Waals surface area contributed by atoms with Crippen LogP contribution in [0.3, 0.4) is 0 Å². The van der Waals surface area contributed by atoms with Gasteiger partial charge in [0.15, 0.2) is 0 Å². The minimum Gasteiger partial charge on any atom is -0.408 e. The van der Waals surface area contributed by atoms with Crippen LogP contribution >= 0.6 is 0 Å². The van der Waals surface area contributed by atoms with Gasteiger partial charge in [0.2, 0.25) is 11.8 Å². The second-order valence-corrected chi connectivity index (χ2v) is 7.86. The minimum absolute atomic E-state index is 0.179. The van der Waals surface area contributed by atoms with Crippen molar-refractivity contribution in [2.75, 3.05) is 31.1 Å². The molecule has 2 aromatic rings. The first kappa shape index (κ1) is 18.9. The van der Waals surface area contributed by atoms with Crippen LogP contribution in [0.5, 0.6) is 0 Å². The van der Waals surface area contributed by atoms with Crippen molar-refractivity contribution in [2.45, 2.75) is 45.4 Å². The summed E-state index contributed by atoms with van der Waals surface area (Å²) in [5, 5.41) is 8.10. The lowest BCUT2D eigenvalue weighted by atomic mass is 9.89. The van der Waals surface area contributed by atoms with Crippen molar-refractivity contribution in [1.82, 2.24) is 15.1 Å². The molecule has 0 radical (unpaired) electrons. The predicted octanol–water partition coefficient (Wildman–Crippen LogP) is 3.31. The maximum Gasteiger partial charge on any atom is 0.318 e. The molecule has 1 atom stereocenters. The highest BCUT2D eigenvalue weighted by molar-refractivity contribution is 5.77. The number of benzene rings is 1. The Morgan fingerprint density at radius 3 is 2.61 bits per heavy atom. The summed E-state index contributed by atoms with van der Waals surface area (Å²) in [6.07, 6.45) is 3.52. The quantitative estimate of drug-likeness (QED) is 0.762. The third kappa shape index (κ3) is 4.03. The zero-order valence-corrected chi connectivity index (χ0v) is 16.5. The predicted molar refractivity (Wildman–Crippen MR) is 104 cm³/mol. The lowest BCUT2D eigenvalue weighted by Crippen LogP contribution is -2.49. The van der Waals surface area contributed by atoms with Crippen LogP contribution in [0.1, 0.15) is 49.1 Å². The number of rotatable bonds is 6. The van der Waals surface area contributed by atoms with E-state index in [4.69, 9.17) is 4.42 Å². The smallest absolute Gasteiger partial charge is 0.318 e. The second-order valence-electron chi connectivity index (χ2n) is 7.86. The largest absolute Gasteiger partial charge is 0.408 e. The number of halogens is 1. The molecule has 2 aliphatic rings. The summed E-state index contributed by atoms with van der Waals surface area (Å²) in [7, 11) is 0. The molecule has 1 aromatic heterocycles. The molecule has 1 aliphatic carbocycles. The van der Waals surface area contributed by atoms with Crippen LogP contribution in [0.4, 0.5) is 10.4 Å². The van der Waals surface area contributed by atoms with Gasteiger partial charge in [0.1, 0.15) is 5.82 Å². The third-order valence-electron chi connectivity index (χ3n) is 5.86. The van der Waals surface area contributed by atoms with Gasteiger partial charge in [0, 0.05) is 39.0 Å². The molecule has 1 saturated heterocycles. The molecule has 1 aliphatic heterocycles. The second kappa shape index (κ2) is 7.89. The lowest BCUT2D eigenvalue weighted by molar-refractivity contribution is -0.132. The van der Waals surface area contributed by atoms with Gasteiger partial charge in [-0.05, 0) is 48.8 Å². The normalized spacial score (nSPS) is 18.4. The molecule has 6 nitrogen and oxygen atoms in total. The Balaban J connectivity index is 1.37. The van der Waals surface area contributed by atoms with Gasteiger partial charge in [0.25, 0.3) is 0 Å². The molecule has 28 heavy (non-hydrogen) atoms. The lowest BCUT2D eigenvalue weighted by Gasteiger charge is -2.34. The first-order chi connectivity index (χ1) is 13.5. The van der Waals surface area contributed by atoms with Crippen molar-refractivity contribution in [3.63, 3.8) is 0 Å². The fraction of sp³-hybridized carbons (Fsp3) is 0.571. The van der Waals surface area contributed by atoms with Crippen molar-refractivity contribution in [3.05, 3.63) is 41.0 Å². The van der Waals surface area contributed by atoms with Crippen LogP contribution in [-0.2, 0) is 11.2 Å². The number of anilines is 1. The van der Waals surface area contributed by atoms with E-state index < -0.39 is 0 Å². The van der Waals surface area contributed by atoms with Gasteiger partial charge in [-0.1, -0.05) is 24.2 Å². The molecular weight excluding hydrogens is 359 g/mol.